The number of hydrogen-bond donors (Lipinski definition) is 0. The molecule has 4 nitrogen and oxygen atoms in total. The molecule has 0 aliphatic heterocycles. The van der Waals surface area contributed by atoms with E-state index in [1.54, 1.807) is 16.6 Å². The summed E-state index contributed by atoms with van der Waals surface area (Å²) in [5.41, 5.74) is 0.766. The number of aromatic nitrogens is 4. The number of benzene rings is 1. The highest BCUT2D eigenvalue weighted by Gasteiger charge is 2.09. The maximum absolute atomic E-state index is 13.0. The second-order valence-corrected chi connectivity index (χ2v) is 4.46. The topological polar surface area (TPSA) is 43.1 Å². The van der Waals surface area contributed by atoms with Gasteiger partial charge in [-0.25, -0.2) is 4.39 Å². The van der Waals surface area contributed by atoms with Crippen molar-refractivity contribution < 1.29 is 4.39 Å². The van der Waals surface area contributed by atoms with Crippen molar-refractivity contribution in [3.63, 3.8) is 0 Å². The number of fused-ring (bicyclic) bond motifs is 1. The summed E-state index contributed by atoms with van der Waals surface area (Å²) < 4.78 is 14.5. The molecule has 2 heterocycles. The van der Waals surface area contributed by atoms with Crippen LogP contribution in [0.3, 0.4) is 0 Å². The van der Waals surface area contributed by atoms with Crippen LogP contribution in [0.25, 0.3) is 15.5 Å². The van der Waals surface area contributed by atoms with Crippen molar-refractivity contribution >= 4 is 27.9 Å². The maximum atomic E-state index is 13.0. The second-order valence-electron chi connectivity index (χ2n) is 3.09. The van der Waals surface area contributed by atoms with Gasteiger partial charge in [0.1, 0.15) is 17.2 Å². The van der Waals surface area contributed by atoms with E-state index in [2.05, 4.69) is 15.3 Å². The Labute approximate surface area is 98.3 Å². The van der Waals surface area contributed by atoms with Gasteiger partial charge in [-0.2, -0.15) is 9.61 Å². The average Bonchev–Trinajstić information content (AvgIpc) is 2.81. The van der Waals surface area contributed by atoms with Crippen molar-refractivity contribution in [1.82, 2.24) is 19.8 Å². The van der Waals surface area contributed by atoms with Gasteiger partial charge >= 0.3 is 0 Å². The fourth-order valence-electron chi connectivity index (χ4n) is 1.31. The predicted molar refractivity (Wildman–Crippen MR) is 59.1 cm³/mol. The lowest BCUT2D eigenvalue weighted by atomic mass is 10.2. The molecule has 0 spiro atoms. The van der Waals surface area contributed by atoms with Crippen LogP contribution in [0.1, 0.15) is 0 Å². The first-order valence-electron chi connectivity index (χ1n) is 4.36. The van der Waals surface area contributed by atoms with Crippen LogP contribution in [0.2, 0.25) is 5.02 Å². The monoisotopic (exact) mass is 254 g/mol. The molecule has 0 unspecified atom stereocenters. The Bertz CT molecular complexity index is 634. The fourth-order valence-corrected chi connectivity index (χ4v) is 2.30. The Kier molecular flexibility index (Phi) is 2.12. The van der Waals surface area contributed by atoms with Gasteiger partial charge in [0, 0.05) is 5.56 Å². The highest BCUT2D eigenvalue weighted by molar-refractivity contribution is 7.19. The summed E-state index contributed by atoms with van der Waals surface area (Å²) in [7, 11) is 0. The molecular formula is C9H4ClFN4S. The van der Waals surface area contributed by atoms with Crippen molar-refractivity contribution in [2.75, 3.05) is 0 Å². The molecule has 0 radical (unpaired) electrons. The van der Waals surface area contributed by atoms with E-state index in [9.17, 15) is 4.39 Å². The summed E-state index contributed by atoms with van der Waals surface area (Å²) in [5.74, 6) is -0.437. The minimum absolute atomic E-state index is 0.0865. The number of halogens is 2. The zero-order valence-electron chi connectivity index (χ0n) is 7.76. The quantitative estimate of drug-likeness (QED) is 0.671. The predicted octanol–water partition coefficient (Wildman–Crippen LogP) is 2.65. The third-order valence-electron chi connectivity index (χ3n) is 2.05. The van der Waals surface area contributed by atoms with Crippen molar-refractivity contribution in [2.24, 2.45) is 0 Å². The van der Waals surface area contributed by atoms with Crippen LogP contribution in [-0.2, 0) is 0 Å². The molecule has 2 aromatic heterocycles. The van der Waals surface area contributed by atoms with E-state index in [0.717, 1.165) is 10.6 Å². The Balaban J connectivity index is 2.15. The van der Waals surface area contributed by atoms with E-state index in [1.165, 1.54) is 23.7 Å². The molecule has 3 aromatic rings. The minimum Gasteiger partial charge on any atom is -0.205 e. The molecule has 0 N–H and O–H groups in total. The SMILES string of the molecule is Fc1ccc(-c2nn3cnnc3s2)cc1Cl. The minimum atomic E-state index is -0.437. The first-order valence-corrected chi connectivity index (χ1v) is 5.56. The molecular weight excluding hydrogens is 251 g/mol. The molecule has 0 fully saturated rings. The normalized spacial score (nSPS) is 11.1. The van der Waals surface area contributed by atoms with Gasteiger partial charge in [-0.3, -0.25) is 0 Å². The lowest BCUT2D eigenvalue weighted by molar-refractivity contribution is 0.628. The van der Waals surface area contributed by atoms with Gasteiger partial charge in [-0.15, -0.1) is 10.2 Å². The van der Waals surface area contributed by atoms with Crippen molar-refractivity contribution in [1.29, 1.82) is 0 Å². The van der Waals surface area contributed by atoms with Gasteiger partial charge in [0.15, 0.2) is 0 Å². The molecule has 1 aromatic carbocycles. The third-order valence-corrected chi connectivity index (χ3v) is 3.30. The van der Waals surface area contributed by atoms with E-state index in [4.69, 9.17) is 11.6 Å². The maximum Gasteiger partial charge on any atom is 0.234 e. The highest BCUT2D eigenvalue weighted by atomic mass is 35.5. The zero-order chi connectivity index (χ0) is 11.1. The van der Waals surface area contributed by atoms with Gasteiger partial charge < -0.3 is 0 Å². The van der Waals surface area contributed by atoms with Gasteiger partial charge in [0.05, 0.1) is 5.02 Å². The largest absolute Gasteiger partial charge is 0.234 e. The van der Waals surface area contributed by atoms with Crippen LogP contribution in [0, 0.1) is 5.82 Å². The standard InChI is InChI=1S/C9H4ClFN4S/c10-6-3-5(1-2-7(6)11)8-14-15-4-12-13-9(15)16-8/h1-4H. The molecule has 0 saturated carbocycles. The van der Waals surface area contributed by atoms with Crippen molar-refractivity contribution in [2.45, 2.75) is 0 Å². The van der Waals surface area contributed by atoms with Crippen LogP contribution < -0.4 is 0 Å². The van der Waals surface area contributed by atoms with Crippen LogP contribution >= 0.6 is 22.9 Å². The molecule has 0 aliphatic carbocycles. The molecule has 3 rings (SSSR count). The van der Waals surface area contributed by atoms with E-state index in [1.807, 2.05) is 0 Å². The van der Waals surface area contributed by atoms with Crippen molar-refractivity contribution in [3.05, 3.63) is 35.4 Å². The van der Waals surface area contributed by atoms with Gasteiger partial charge in [-0.1, -0.05) is 22.9 Å². The van der Waals surface area contributed by atoms with Gasteiger partial charge in [0.2, 0.25) is 4.96 Å². The molecule has 0 aliphatic rings. The van der Waals surface area contributed by atoms with Crippen LogP contribution in [0.4, 0.5) is 4.39 Å². The first kappa shape index (κ1) is 9.68. The van der Waals surface area contributed by atoms with Gasteiger partial charge in [0.25, 0.3) is 0 Å². The molecule has 0 bridgehead atoms. The highest BCUT2D eigenvalue weighted by Crippen LogP contribution is 2.27. The van der Waals surface area contributed by atoms with E-state index in [-0.39, 0.29) is 5.02 Å². The molecule has 80 valence electrons. The molecule has 7 heteroatoms. The molecule has 16 heavy (non-hydrogen) atoms. The smallest absolute Gasteiger partial charge is 0.205 e. The summed E-state index contributed by atoms with van der Waals surface area (Å²) in [6.45, 7) is 0. The summed E-state index contributed by atoms with van der Waals surface area (Å²) in [4.78, 5) is 0.690. The summed E-state index contributed by atoms with van der Waals surface area (Å²) in [6.07, 6.45) is 1.51. The molecule has 0 amide bonds. The first-order chi connectivity index (χ1) is 7.74. The molecule has 0 atom stereocenters. The van der Waals surface area contributed by atoms with Gasteiger partial charge in [-0.05, 0) is 18.2 Å². The van der Waals surface area contributed by atoms with E-state index in [0.29, 0.717) is 4.96 Å². The van der Waals surface area contributed by atoms with Crippen LogP contribution in [0.5, 0.6) is 0 Å². The average molecular weight is 255 g/mol. The third kappa shape index (κ3) is 1.46. The Hall–Kier alpha value is -1.53. The van der Waals surface area contributed by atoms with E-state index >= 15 is 0 Å². The number of nitrogens with zero attached hydrogens (tertiary/aromatic N) is 4. The van der Waals surface area contributed by atoms with Crippen LogP contribution in [0.15, 0.2) is 24.5 Å². The number of rotatable bonds is 1. The second kappa shape index (κ2) is 3.50. The van der Waals surface area contributed by atoms with Crippen molar-refractivity contribution in [3.8, 4) is 10.6 Å². The zero-order valence-corrected chi connectivity index (χ0v) is 9.33. The molecule has 0 saturated heterocycles. The number of hydrogen-bond acceptors (Lipinski definition) is 4. The Morgan fingerprint density at radius 1 is 1.38 bits per heavy atom. The lowest BCUT2D eigenvalue weighted by Gasteiger charge is -1.97. The Morgan fingerprint density at radius 3 is 3.00 bits per heavy atom. The lowest BCUT2D eigenvalue weighted by Crippen LogP contribution is -1.83. The fraction of sp³-hybridized carbons (Fsp3) is 0. The summed E-state index contributed by atoms with van der Waals surface area (Å²) in [6, 6.07) is 4.50. The van der Waals surface area contributed by atoms with E-state index < -0.39 is 5.82 Å². The summed E-state index contributed by atoms with van der Waals surface area (Å²) in [5, 5.41) is 12.6. The Morgan fingerprint density at radius 2 is 2.25 bits per heavy atom. The van der Waals surface area contributed by atoms with Crippen LogP contribution in [-0.4, -0.2) is 19.8 Å². The summed E-state index contributed by atoms with van der Waals surface area (Å²) >= 11 is 7.07.